The maximum Gasteiger partial charge on any atom is 0.407 e. The van der Waals surface area contributed by atoms with E-state index in [0.29, 0.717) is 11.5 Å². The maximum atomic E-state index is 12.1. The average molecular weight is 243 g/mol. The zero-order valence-corrected chi connectivity index (χ0v) is 9.83. The molecule has 0 radical (unpaired) electrons. The highest BCUT2D eigenvalue weighted by atomic mass is 19.4. The molecule has 0 aliphatic heterocycles. The minimum absolute atomic E-state index is 0.408. The van der Waals surface area contributed by atoms with Gasteiger partial charge in [-0.3, -0.25) is 0 Å². The molecule has 0 aromatic heterocycles. The minimum Gasteiger partial charge on any atom is -0.317 e. The lowest BCUT2D eigenvalue weighted by Crippen LogP contribution is -2.35. The molecule has 0 amide bonds. The number of rotatable bonds is 3. The molecule has 94 valence electrons. The molecule has 2 N–H and O–H groups in total. The Kier molecular flexibility index (Phi) is 4.34. The second-order valence-corrected chi connectivity index (χ2v) is 4.25. The molecule has 0 aliphatic carbocycles. The fraction of sp³-hybridized carbons (Fsp3) is 0.385. The van der Waals surface area contributed by atoms with Crippen LogP contribution in [-0.2, 0) is 0 Å². The molecular weight excluding hydrogens is 227 g/mol. The molecular formula is C13H16F3N. The first-order valence-corrected chi connectivity index (χ1v) is 5.41. The predicted molar refractivity (Wildman–Crippen MR) is 63.6 cm³/mol. The molecule has 0 fully saturated rings. The number of hydrogen-bond acceptors (Lipinski definition) is 1. The average Bonchev–Trinajstić information content (AvgIpc) is 2.25. The van der Waals surface area contributed by atoms with Gasteiger partial charge in [-0.05, 0) is 17.0 Å². The van der Waals surface area contributed by atoms with Crippen LogP contribution in [0.5, 0.6) is 0 Å². The van der Waals surface area contributed by atoms with Crippen LogP contribution in [0, 0.1) is 0 Å². The standard InChI is InChI=1S/C13H16F3N/c1-9(2)11-6-3-10(4-7-11)5-8-12(17)13(14,15)16/h3-9,12H,17H2,1-2H3/t12-/m0/s1. The first kappa shape index (κ1) is 13.8. The molecule has 1 aromatic rings. The summed E-state index contributed by atoms with van der Waals surface area (Å²) in [5, 5.41) is 0. The Morgan fingerprint density at radius 2 is 1.65 bits per heavy atom. The normalized spacial score (nSPS) is 14.5. The van der Waals surface area contributed by atoms with E-state index < -0.39 is 12.2 Å². The van der Waals surface area contributed by atoms with Gasteiger partial charge in [-0.25, -0.2) is 0 Å². The quantitative estimate of drug-likeness (QED) is 0.860. The Bertz CT molecular complexity index is 377. The van der Waals surface area contributed by atoms with Crippen LogP contribution in [0.2, 0.25) is 0 Å². The Morgan fingerprint density at radius 3 is 2.06 bits per heavy atom. The summed E-state index contributed by atoms with van der Waals surface area (Å²) >= 11 is 0. The lowest BCUT2D eigenvalue weighted by molar-refractivity contribution is -0.136. The molecule has 0 spiro atoms. The summed E-state index contributed by atoms with van der Waals surface area (Å²) in [6.45, 7) is 4.12. The summed E-state index contributed by atoms with van der Waals surface area (Å²) in [5.41, 5.74) is 6.84. The molecule has 0 bridgehead atoms. The SMILES string of the molecule is CC(C)c1ccc(C=C[C@H](N)C(F)(F)F)cc1. The van der Waals surface area contributed by atoms with Gasteiger partial charge in [-0.2, -0.15) is 13.2 Å². The van der Waals surface area contributed by atoms with E-state index in [1.807, 2.05) is 12.1 Å². The van der Waals surface area contributed by atoms with Gasteiger partial charge >= 0.3 is 6.18 Å². The van der Waals surface area contributed by atoms with Gasteiger partial charge in [-0.1, -0.05) is 50.3 Å². The van der Waals surface area contributed by atoms with E-state index in [0.717, 1.165) is 11.6 Å². The van der Waals surface area contributed by atoms with E-state index in [2.05, 4.69) is 13.8 Å². The van der Waals surface area contributed by atoms with Crippen molar-refractivity contribution in [2.24, 2.45) is 5.73 Å². The van der Waals surface area contributed by atoms with Gasteiger partial charge < -0.3 is 5.73 Å². The van der Waals surface area contributed by atoms with Crippen LogP contribution in [-0.4, -0.2) is 12.2 Å². The van der Waals surface area contributed by atoms with Crippen molar-refractivity contribution in [2.75, 3.05) is 0 Å². The number of alkyl halides is 3. The molecule has 0 heterocycles. The Balaban J connectivity index is 2.73. The molecule has 1 rings (SSSR count). The minimum atomic E-state index is -4.38. The van der Waals surface area contributed by atoms with Gasteiger partial charge in [0.25, 0.3) is 0 Å². The fourth-order valence-electron chi connectivity index (χ4n) is 1.32. The van der Waals surface area contributed by atoms with Crippen LogP contribution < -0.4 is 5.73 Å². The second kappa shape index (κ2) is 5.36. The van der Waals surface area contributed by atoms with E-state index in [1.165, 1.54) is 6.08 Å². The van der Waals surface area contributed by atoms with Crippen molar-refractivity contribution in [3.05, 3.63) is 41.5 Å². The van der Waals surface area contributed by atoms with E-state index in [1.54, 1.807) is 12.1 Å². The Morgan fingerprint density at radius 1 is 1.12 bits per heavy atom. The van der Waals surface area contributed by atoms with Crippen LogP contribution in [0.4, 0.5) is 13.2 Å². The Hall–Kier alpha value is -1.29. The van der Waals surface area contributed by atoms with Crippen LogP contribution in [0.25, 0.3) is 6.08 Å². The van der Waals surface area contributed by atoms with Crippen LogP contribution >= 0.6 is 0 Å². The van der Waals surface area contributed by atoms with Gasteiger partial charge in [0, 0.05) is 0 Å². The highest BCUT2D eigenvalue weighted by Crippen LogP contribution is 2.20. The number of benzene rings is 1. The van der Waals surface area contributed by atoms with E-state index in [4.69, 9.17) is 5.73 Å². The van der Waals surface area contributed by atoms with Crippen molar-refractivity contribution in [3.63, 3.8) is 0 Å². The first-order valence-electron chi connectivity index (χ1n) is 5.41. The molecule has 0 saturated heterocycles. The monoisotopic (exact) mass is 243 g/mol. The third-order valence-corrected chi connectivity index (χ3v) is 2.48. The Labute approximate surface area is 99.1 Å². The van der Waals surface area contributed by atoms with Gasteiger partial charge in [0.05, 0.1) is 0 Å². The van der Waals surface area contributed by atoms with E-state index in [9.17, 15) is 13.2 Å². The lowest BCUT2D eigenvalue weighted by atomic mass is 10.0. The number of hydrogen-bond donors (Lipinski definition) is 1. The summed E-state index contributed by atoms with van der Waals surface area (Å²) in [4.78, 5) is 0. The summed E-state index contributed by atoms with van der Waals surface area (Å²) in [6.07, 6.45) is -2.03. The molecule has 0 saturated carbocycles. The van der Waals surface area contributed by atoms with E-state index >= 15 is 0 Å². The molecule has 17 heavy (non-hydrogen) atoms. The third-order valence-electron chi connectivity index (χ3n) is 2.48. The second-order valence-electron chi connectivity index (χ2n) is 4.25. The molecule has 4 heteroatoms. The topological polar surface area (TPSA) is 26.0 Å². The van der Waals surface area contributed by atoms with Crippen molar-refractivity contribution >= 4 is 6.08 Å². The zero-order chi connectivity index (χ0) is 13.1. The van der Waals surface area contributed by atoms with Crippen LogP contribution in [0.1, 0.15) is 30.9 Å². The van der Waals surface area contributed by atoms with Gasteiger partial charge in [0.2, 0.25) is 0 Å². The number of halogens is 3. The highest BCUT2D eigenvalue weighted by Gasteiger charge is 2.34. The molecule has 1 nitrogen and oxygen atoms in total. The van der Waals surface area contributed by atoms with Crippen LogP contribution in [0.3, 0.4) is 0 Å². The molecule has 0 unspecified atom stereocenters. The zero-order valence-electron chi connectivity index (χ0n) is 9.83. The maximum absolute atomic E-state index is 12.1. The molecule has 0 aliphatic rings. The predicted octanol–water partition coefficient (Wildman–Crippen LogP) is 3.71. The molecule has 1 atom stereocenters. The van der Waals surface area contributed by atoms with Crippen molar-refractivity contribution in [1.29, 1.82) is 0 Å². The first-order chi connectivity index (χ1) is 7.80. The third kappa shape index (κ3) is 4.23. The van der Waals surface area contributed by atoms with Gasteiger partial charge in [0.15, 0.2) is 0 Å². The summed E-state index contributed by atoms with van der Waals surface area (Å²) in [6, 6.07) is 5.48. The fourth-order valence-corrected chi connectivity index (χ4v) is 1.32. The van der Waals surface area contributed by atoms with Crippen molar-refractivity contribution in [3.8, 4) is 0 Å². The van der Waals surface area contributed by atoms with Crippen molar-refractivity contribution < 1.29 is 13.2 Å². The number of nitrogens with two attached hydrogens (primary N) is 1. The largest absolute Gasteiger partial charge is 0.407 e. The van der Waals surface area contributed by atoms with Crippen LogP contribution in [0.15, 0.2) is 30.3 Å². The summed E-state index contributed by atoms with van der Waals surface area (Å²) in [7, 11) is 0. The lowest BCUT2D eigenvalue weighted by Gasteiger charge is -2.10. The highest BCUT2D eigenvalue weighted by molar-refractivity contribution is 5.50. The van der Waals surface area contributed by atoms with Gasteiger partial charge in [-0.15, -0.1) is 0 Å². The summed E-state index contributed by atoms with van der Waals surface area (Å²) in [5.74, 6) is 0.408. The van der Waals surface area contributed by atoms with Gasteiger partial charge in [0.1, 0.15) is 6.04 Å². The van der Waals surface area contributed by atoms with Crippen molar-refractivity contribution in [2.45, 2.75) is 32.0 Å². The van der Waals surface area contributed by atoms with Crippen molar-refractivity contribution in [1.82, 2.24) is 0 Å². The summed E-state index contributed by atoms with van der Waals surface area (Å²) < 4.78 is 36.4. The molecule has 1 aromatic carbocycles. The van der Waals surface area contributed by atoms with E-state index in [-0.39, 0.29) is 0 Å². The smallest absolute Gasteiger partial charge is 0.317 e.